The third-order valence-electron chi connectivity index (χ3n) is 1.50. The van der Waals surface area contributed by atoms with E-state index in [1.165, 1.54) is 19.2 Å². The molecule has 0 unspecified atom stereocenters. The van der Waals surface area contributed by atoms with Crippen molar-refractivity contribution in [2.45, 2.75) is 6.54 Å². The van der Waals surface area contributed by atoms with Gasteiger partial charge >= 0.3 is 0 Å². The second-order valence-corrected chi connectivity index (χ2v) is 2.27. The zero-order valence-corrected chi connectivity index (χ0v) is 6.67. The van der Waals surface area contributed by atoms with Gasteiger partial charge in [0.1, 0.15) is 11.6 Å². The van der Waals surface area contributed by atoms with Crippen LogP contribution in [0.5, 0.6) is 5.75 Å². The van der Waals surface area contributed by atoms with Crippen molar-refractivity contribution in [3.05, 3.63) is 41.0 Å². The molecular weight excluding hydrogens is 157 g/mol. The minimum atomic E-state index is -0.347. The van der Waals surface area contributed by atoms with Crippen molar-refractivity contribution >= 4 is 0 Å². The van der Waals surface area contributed by atoms with Crippen LogP contribution in [0.15, 0.2) is 18.2 Å². The van der Waals surface area contributed by atoms with E-state index in [4.69, 9.17) is 11.3 Å². The quantitative estimate of drug-likeness (QED) is 0.613. The van der Waals surface area contributed by atoms with Crippen LogP contribution in [0.4, 0.5) is 4.39 Å². The van der Waals surface area contributed by atoms with Crippen LogP contribution in [0, 0.1) is 12.4 Å². The molecule has 0 fully saturated rings. The lowest BCUT2D eigenvalue weighted by Gasteiger charge is -2.02. The van der Waals surface area contributed by atoms with Crippen LogP contribution in [0.1, 0.15) is 5.56 Å². The fourth-order valence-electron chi connectivity index (χ4n) is 0.934. The van der Waals surface area contributed by atoms with Crippen molar-refractivity contribution in [3.8, 4) is 5.75 Å². The van der Waals surface area contributed by atoms with E-state index in [0.29, 0.717) is 11.3 Å². The molecule has 0 aromatic heterocycles. The third kappa shape index (κ3) is 1.73. The second-order valence-electron chi connectivity index (χ2n) is 2.27. The maximum absolute atomic E-state index is 12.6. The molecule has 3 heteroatoms. The Hall–Kier alpha value is -1.56. The van der Waals surface area contributed by atoms with E-state index in [1.54, 1.807) is 6.07 Å². The van der Waals surface area contributed by atoms with Gasteiger partial charge in [-0.15, -0.1) is 0 Å². The van der Waals surface area contributed by atoms with Crippen LogP contribution in [-0.4, -0.2) is 7.11 Å². The Morgan fingerprint density at radius 3 is 2.92 bits per heavy atom. The lowest BCUT2D eigenvalue weighted by Crippen LogP contribution is -1.90. The van der Waals surface area contributed by atoms with E-state index in [2.05, 4.69) is 4.85 Å². The highest BCUT2D eigenvalue weighted by Crippen LogP contribution is 2.19. The van der Waals surface area contributed by atoms with Crippen molar-refractivity contribution in [3.63, 3.8) is 0 Å². The second kappa shape index (κ2) is 3.72. The highest BCUT2D eigenvalue weighted by molar-refractivity contribution is 5.34. The number of ether oxygens (including phenoxy) is 1. The van der Waals surface area contributed by atoms with Crippen molar-refractivity contribution in [1.29, 1.82) is 0 Å². The molecule has 0 aliphatic rings. The van der Waals surface area contributed by atoms with Gasteiger partial charge in [0.2, 0.25) is 6.54 Å². The van der Waals surface area contributed by atoms with E-state index in [1.807, 2.05) is 0 Å². The van der Waals surface area contributed by atoms with Crippen molar-refractivity contribution in [2.24, 2.45) is 0 Å². The average Bonchev–Trinajstić information content (AvgIpc) is 2.08. The minimum absolute atomic E-state index is 0.226. The average molecular weight is 165 g/mol. The van der Waals surface area contributed by atoms with Gasteiger partial charge in [0.15, 0.2) is 0 Å². The number of nitrogens with zero attached hydrogens (tertiary/aromatic N) is 1. The van der Waals surface area contributed by atoms with Crippen molar-refractivity contribution < 1.29 is 9.13 Å². The summed E-state index contributed by atoms with van der Waals surface area (Å²) in [6, 6.07) is 4.16. The van der Waals surface area contributed by atoms with E-state index in [-0.39, 0.29) is 12.4 Å². The first-order valence-corrected chi connectivity index (χ1v) is 3.43. The molecule has 0 spiro atoms. The van der Waals surface area contributed by atoms with Crippen LogP contribution in [0.25, 0.3) is 4.85 Å². The molecule has 0 saturated heterocycles. The first kappa shape index (κ1) is 8.54. The number of methoxy groups -OCH3 is 1. The fraction of sp³-hybridized carbons (Fsp3) is 0.222. The van der Waals surface area contributed by atoms with Gasteiger partial charge in [-0.05, 0) is 12.1 Å². The Morgan fingerprint density at radius 2 is 2.33 bits per heavy atom. The Morgan fingerprint density at radius 1 is 1.58 bits per heavy atom. The van der Waals surface area contributed by atoms with Gasteiger partial charge in [0.25, 0.3) is 0 Å². The zero-order chi connectivity index (χ0) is 8.97. The molecule has 0 radical (unpaired) electrons. The number of benzene rings is 1. The summed E-state index contributed by atoms with van der Waals surface area (Å²) in [4.78, 5) is 3.19. The molecule has 62 valence electrons. The van der Waals surface area contributed by atoms with E-state index < -0.39 is 0 Å². The summed E-state index contributed by atoms with van der Waals surface area (Å²) in [6.07, 6.45) is 0. The molecule has 0 aliphatic heterocycles. The number of hydrogen-bond acceptors (Lipinski definition) is 1. The van der Waals surface area contributed by atoms with Crippen molar-refractivity contribution in [1.82, 2.24) is 0 Å². The predicted molar refractivity (Wildman–Crippen MR) is 43.3 cm³/mol. The van der Waals surface area contributed by atoms with Gasteiger partial charge in [-0.2, -0.15) is 0 Å². The third-order valence-corrected chi connectivity index (χ3v) is 1.50. The molecule has 0 atom stereocenters. The summed E-state index contributed by atoms with van der Waals surface area (Å²) in [7, 11) is 1.46. The summed E-state index contributed by atoms with van der Waals surface area (Å²) < 4.78 is 17.5. The lowest BCUT2D eigenvalue weighted by atomic mass is 10.2. The first-order valence-electron chi connectivity index (χ1n) is 3.43. The molecule has 0 heterocycles. The monoisotopic (exact) mass is 165 g/mol. The first-order chi connectivity index (χ1) is 5.77. The van der Waals surface area contributed by atoms with Crippen molar-refractivity contribution in [2.75, 3.05) is 7.11 Å². The summed E-state index contributed by atoms with van der Waals surface area (Å²) in [5.41, 5.74) is 0.717. The maximum atomic E-state index is 12.6. The Labute approximate surface area is 70.4 Å². The zero-order valence-electron chi connectivity index (χ0n) is 6.67. The smallest absolute Gasteiger partial charge is 0.243 e. The molecule has 0 saturated carbocycles. The Kier molecular flexibility index (Phi) is 2.65. The SMILES string of the molecule is [C-]#[N+]Cc1ccc(F)cc1OC. The van der Waals surface area contributed by atoms with Crippen LogP contribution in [-0.2, 0) is 6.54 Å². The molecule has 1 aromatic rings. The summed E-state index contributed by atoms with van der Waals surface area (Å²) >= 11 is 0. The van der Waals surface area contributed by atoms with Crippen LogP contribution < -0.4 is 4.74 Å². The van der Waals surface area contributed by atoms with Crippen LogP contribution in [0.2, 0.25) is 0 Å². The van der Waals surface area contributed by atoms with Gasteiger partial charge in [-0.1, -0.05) is 0 Å². The van der Waals surface area contributed by atoms with Gasteiger partial charge < -0.3 is 9.58 Å². The van der Waals surface area contributed by atoms with E-state index in [9.17, 15) is 4.39 Å². The molecule has 0 aliphatic carbocycles. The molecule has 12 heavy (non-hydrogen) atoms. The number of halogens is 1. The molecule has 1 aromatic carbocycles. The standard InChI is InChI=1S/C9H8FNO/c1-11-6-7-3-4-8(10)5-9(7)12-2/h3-5H,6H2,2H3. The van der Waals surface area contributed by atoms with Gasteiger partial charge in [-0.3, -0.25) is 0 Å². The predicted octanol–water partition coefficient (Wildman–Crippen LogP) is 2.25. The van der Waals surface area contributed by atoms with Crippen LogP contribution >= 0.6 is 0 Å². The highest BCUT2D eigenvalue weighted by atomic mass is 19.1. The largest absolute Gasteiger partial charge is 0.496 e. The number of rotatable bonds is 2. The number of hydrogen-bond donors (Lipinski definition) is 0. The van der Waals surface area contributed by atoms with E-state index in [0.717, 1.165) is 0 Å². The van der Waals surface area contributed by atoms with Gasteiger partial charge in [-0.25, -0.2) is 11.0 Å². The molecular formula is C9H8FNO. The Balaban J connectivity index is 3.04. The van der Waals surface area contributed by atoms with E-state index >= 15 is 0 Å². The molecule has 0 bridgehead atoms. The topological polar surface area (TPSA) is 13.6 Å². The fourth-order valence-corrected chi connectivity index (χ4v) is 0.934. The Bertz CT molecular complexity index is 317. The van der Waals surface area contributed by atoms with Crippen LogP contribution in [0.3, 0.4) is 0 Å². The van der Waals surface area contributed by atoms with Gasteiger partial charge in [0.05, 0.1) is 12.7 Å². The normalized spacial score (nSPS) is 9.08. The summed E-state index contributed by atoms with van der Waals surface area (Å²) in [6.45, 7) is 6.87. The molecule has 1 rings (SSSR count). The summed E-state index contributed by atoms with van der Waals surface area (Å²) in [5.74, 6) is 0.0894. The summed E-state index contributed by atoms with van der Waals surface area (Å²) in [5, 5.41) is 0. The maximum Gasteiger partial charge on any atom is 0.243 e. The lowest BCUT2D eigenvalue weighted by molar-refractivity contribution is 0.407. The molecule has 0 amide bonds. The molecule has 0 N–H and O–H groups in total. The minimum Gasteiger partial charge on any atom is -0.496 e. The van der Waals surface area contributed by atoms with Gasteiger partial charge in [0, 0.05) is 6.07 Å². The highest BCUT2D eigenvalue weighted by Gasteiger charge is 2.05. The molecule has 2 nitrogen and oxygen atoms in total.